The molecule has 1 saturated carbocycles. The lowest BCUT2D eigenvalue weighted by molar-refractivity contribution is -0.120. The van der Waals surface area contributed by atoms with E-state index in [-0.39, 0.29) is 23.3 Å². The van der Waals surface area contributed by atoms with Crippen LogP contribution < -0.4 is 0 Å². The molecule has 0 amide bonds. The maximum Gasteiger partial charge on any atom is 0.181 e. The Labute approximate surface area is 119 Å². The van der Waals surface area contributed by atoms with E-state index in [0.29, 0.717) is 10.6 Å². The predicted octanol–water partition coefficient (Wildman–Crippen LogP) is 1.80. The predicted molar refractivity (Wildman–Crippen MR) is 70.4 cm³/mol. The molecule has 20 heavy (non-hydrogen) atoms. The molecule has 1 atom stereocenters. The van der Waals surface area contributed by atoms with E-state index in [9.17, 15) is 9.59 Å². The summed E-state index contributed by atoms with van der Waals surface area (Å²) >= 11 is 5.80. The molecule has 1 heterocycles. The molecule has 0 bridgehead atoms. The molecule has 3 rings (SSSR count). The molecular weight excluding hydrogens is 280 g/mol. The number of aromatic amines is 1. The Morgan fingerprint density at radius 2 is 1.95 bits per heavy atom. The second-order valence-electron chi connectivity index (χ2n) is 4.77. The van der Waals surface area contributed by atoms with E-state index in [1.165, 1.54) is 0 Å². The number of tetrazole rings is 1. The maximum atomic E-state index is 12.5. The first-order valence-electron chi connectivity index (χ1n) is 6.24. The molecule has 1 N–H and O–H groups in total. The van der Waals surface area contributed by atoms with Crippen molar-refractivity contribution in [1.82, 2.24) is 20.6 Å². The zero-order valence-electron chi connectivity index (χ0n) is 10.4. The van der Waals surface area contributed by atoms with Crippen LogP contribution in [0.5, 0.6) is 0 Å². The van der Waals surface area contributed by atoms with Gasteiger partial charge in [0.25, 0.3) is 0 Å². The van der Waals surface area contributed by atoms with Crippen molar-refractivity contribution < 1.29 is 9.59 Å². The number of rotatable bonds is 5. The molecule has 0 radical (unpaired) electrons. The third-order valence-electron chi connectivity index (χ3n) is 3.29. The molecular formula is C13H11ClN4O2. The van der Waals surface area contributed by atoms with Crippen LogP contribution in [0.3, 0.4) is 0 Å². The summed E-state index contributed by atoms with van der Waals surface area (Å²) in [5.41, 5.74) is 0.421. The fourth-order valence-corrected chi connectivity index (χ4v) is 2.19. The van der Waals surface area contributed by atoms with Gasteiger partial charge in [-0.05, 0) is 47.5 Å². The van der Waals surface area contributed by atoms with Crippen molar-refractivity contribution in [1.29, 1.82) is 0 Å². The van der Waals surface area contributed by atoms with Crippen LogP contribution in [0, 0.1) is 5.92 Å². The van der Waals surface area contributed by atoms with Gasteiger partial charge < -0.3 is 0 Å². The minimum atomic E-state index is -0.960. The van der Waals surface area contributed by atoms with Crippen molar-refractivity contribution >= 4 is 23.2 Å². The van der Waals surface area contributed by atoms with Gasteiger partial charge in [0, 0.05) is 16.5 Å². The average Bonchev–Trinajstić information content (AvgIpc) is 3.17. The number of aromatic nitrogens is 4. The lowest BCUT2D eigenvalue weighted by Gasteiger charge is -2.11. The molecule has 1 aromatic carbocycles. The van der Waals surface area contributed by atoms with E-state index < -0.39 is 5.92 Å². The molecule has 1 unspecified atom stereocenters. The number of benzene rings is 1. The highest BCUT2D eigenvalue weighted by molar-refractivity contribution is 6.30. The van der Waals surface area contributed by atoms with Crippen molar-refractivity contribution in [3.63, 3.8) is 0 Å². The summed E-state index contributed by atoms with van der Waals surface area (Å²) in [7, 11) is 0. The number of nitrogens with zero attached hydrogens (tertiary/aromatic N) is 3. The highest BCUT2D eigenvalue weighted by atomic mass is 35.5. The molecule has 2 aromatic rings. The normalized spacial score (nSPS) is 15.8. The van der Waals surface area contributed by atoms with Gasteiger partial charge in [0.15, 0.2) is 17.4 Å². The van der Waals surface area contributed by atoms with Crippen LogP contribution in [-0.2, 0) is 4.79 Å². The molecule has 1 aromatic heterocycles. The lowest BCUT2D eigenvalue weighted by Crippen LogP contribution is -2.25. The molecule has 7 heteroatoms. The summed E-state index contributed by atoms with van der Waals surface area (Å²) in [6.45, 7) is 0. The van der Waals surface area contributed by atoms with Crippen LogP contribution in [0.4, 0.5) is 0 Å². The number of Topliss-reactive ketones (excluding diaryl/α,β-unsaturated/α-hetero) is 2. The highest BCUT2D eigenvalue weighted by Gasteiger charge is 2.41. The van der Waals surface area contributed by atoms with Crippen LogP contribution >= 0.6 is 11.6 Å². The first-order valence-corrected chi connectivity index (χ1v) is 6.61. The number of hydrogen-bond donors (Lipinski definition) is 1. The molecule has 0 spiro atoms. The number of H-pyrrole nitrogens is 1. The fraction of sp³-hybridized carbons (Fsp3) is 0.308. The first-order chi connectivity index (χ1) is 9.66. The summed E-state index contributed by atoms with van der Waals surface area (Å²) in [5, 5.41) is 13.7. The van der Waals surface area contributed by atoms with Crippen molar-refractivity contribution in [2.45, 2.75) is 18.8 Å². The zero-order valence-corrected chi connectivity index (χ0v) is 11.2. The highest BCUT2D eigenvalue weighted by Crippen LogP contribution is 2.36. The van der Waals surface area contributed by atoms with Crippen LogP contribution in [0.1, 0.15) is 34.9 Å². The number of ketones is 2. The number of halogens is 1. The minimum absolute atomic E-state index is 0.0543. The molecule has 0 aliphatic heterocycles. The van der Waals surface area contributed by atoms with Crippen LogP contribution in [-0.4, -0.2) is 32.2 Å². The number of carbonyl (C=O) groups is 2. The van der Waals surface area contributed by atoms with E-state index in [2.05, 4.69) is 20.6 Å². The molecule has 6 nitrogen and oxygen atoms in total. The van der Waals surface area contributed by atoms with E-state index >= 15 is 0 Å². The minimum Gasteiger partial charge on any atom is -0.298 e. The van der Waals surface area contributed by atoms with Crippen LogP contribution in [0.15, 0.2) is 24.3 Å². The van der Waals surface area contributed by atoms with E-state index in [4.69, 9.17) is 11.6 Å². The van der Waals surface area contributed by atoms with Gasteiger partial charge in [0.05, 0.1) is 0 Å². The Morgan fingerprint density at radius 3 is 2.50 bits per heavy atom. The van der Waals surface area contributed by atoms with E-state index in [1.54, 1.807) is 24.3 Å². The number of nitrogens with one attached hydrogen (secondary N) is 1. The number of carbonyl (C=O) groups excluding carboxylic acids is 2. The third-order valence-corrected chi connectivity index (χ3v) is 3.54. The van der Waals surface area contributed by atoms with Gasteiger partial charge in [0.1, 0.15) is 5.92 Å². The first kappa shape index (κ1) is 12.9. The van der Waals surface area contributed by atoms with Gasteiger partial charge in [-0.15, -0.1) is 5.10 Å². The van der Waals surface area contributed by atoms with Crippen molar-refractivity contribution in [3.05, 3.63) is 40.7 Å². The van der Waals surface area contributed by atoms with Gasteiger partial charge in [-0.3, -0.25) is 9.59 Å². The Morgan fingerprint density at radius 1 is 1.25 bits per heavy atom. The fourth-order valence-electron chi connectivity index (χ4n) is 2.06. The van der Waals surface area contributed by atoms with Gasteiger partial charge in [-0.1, -0.05) is 11.6 Å². The molecule has 102 valence electrons. The summed E-state index contributed by atoms with van der Waals surface area (Å²) in [6, 6.07) is 6.43. The Hall–Kier alpha value is -2.08. The molecule has 1 aliphatic carbocycles. The number of hydrogen-bond acceptors (Lipinski definition) is 5. The zero-order chi connectivity index (χ0) is 14.1. The molecule has 0 saturated heterocycles. The monoisotopic (exact) mass is 290 g/mol. The summed E-state index contributed by atoms with van der Waals surface area (Å²) in [5.74, 6) is -1.25. The van der Waals surface area contributed by atoms with Gasteiger partial charge in [-0.25, -0.2) is 5.10 Å². The second-order valence-corrected chi connectivity index (χ2v) is 5.20. The van der Waals surface area contributed by atoms with Gasteiger partial charge >= 0.3 is 0 Å². The molecule has 1 aliphatic rings. The van der Waals surface area contributed by atoms with Gasteiger partial charge in [0.2, 0.25) is 0 Å². The molecule has 1 fully saturated rings. The Bertz CT molecular complexity index is 635. The summed E-state index contributed by atoms with van der Waals surface area (Å²) in [4.78, 5) is 24.9. The summed E-state index contributed by atoms with van der Waals surface area (Å²) in [6.07, 6.45) is 1.65. The topological polar surface area (TPSA) is 88.6 Å². The third kappa shape index (κ3) is 2.46. The van der Waals surface area contributed by atoms with Gasteiger partial charge in [-0.2, -0.15) is 0 Å². The van der Waals surface area contributed by atoms with Crippen LogP contribution in [0.25, 0.3) is 0 Å². The Kier molecular flexibility index (Phi) is 3.31. The quantitative estimate of drug-likeness (QED) is 0.670. The summed E-state index contributed by atoms with van der Waals surface area (Å²) < 4.78 is 0. The maximum absolute atomic E-state index is 12.5. The van der Waals surface area contributed by atoms with Crippen molar-refractivity contribution in [3.8, 4) is 0 Å². The second kappa shape index (κ2) is 5.13. The van der Waals surface area contributed by atoms with E-state index in [0.717, 1.165) is 12.8 Å². The van der Waals surface area contributed by atoms with Crippen molar-refractivity contribution in [2.24, 2.45) is 5.92 Å². The largest absolute Gasteiger partial charge is 0.298 e. The Balaban J connectivity index is 1.94. The standard InChI is InChI=1S/C13H11ClN4O2/c14-9-5-3-8(4-6-9)12(20)10(11(19)7-1-2-7)13-15-17-18-16-13/h3-7,10H,1-2H2,(H,15,16,17,18). The van der Waals surface area contributed by atoms with Crippen LogP contribution in [0.2, 0.25) is 5.02 Å². The average molecular weight is 291 g/mol. The van der Waals surface area contributed by atoms with E-state index in [1.807, 2.05) is 0 Å². The van der Waals surface area contributed by atoms with Crippen molar-refractivity contribution in [2.75, 3.05) is 0 Å². The smallest absolute Gasteiger partial charge is 0.181 e. The SMILES string of the molecule is O=C(c1ccc(Cl)cc1)C(C(=O)C1CC1)c1nnn[nH]1. The lowest BCUT2D eigenvalue weighted by atomic mass is 9.91.